The van der Waals surface area contributed by atoms with Crippen molar-refractivity contribution in [2.75, 3.05) is 13.1 Å². The topological polar surface area (TPSA) is 106 Å². The molecule has 1 amide bonds. The van der Waals surface area contributed by atoms with Crippen molar-refractivity contribution < 1.29 is 13.2 Å². The number of hydrogen-bond donors (Lipinski definition) is 2. The van der Waals surface area contributed by atoms with Gasteiger partial charge in [-0.2, -0.15) is 9.98 Å². The first-order valence-corrected chi connectivity index (χ1v) is 12.7. The SMILES string of the molecule is CC1CCN(C(=O)C(CCc2cccc(C#N)c2)NS(=O)(=O)c2cccc3[nH]ccc23)CC1. The molecule has 2 aromatic carbocycles. The van der Waals surface area contributed by atoms with E-state index in [-0.39, 0.29) is 10.8 Å². The van der Waals surface area contributed by atoms with Crippen molar-refractivity contribution in [2.24, 2.45) is 5.92 Å². The summed E-state index contributed by atoms with van der Waals surface area (Å²) in [5.74, 6) is 0.368. The lowest BCUT2D eigenvalue weighted by atomic mass is 9.97. The van der Waals surface area contributed by atoms with Gasteiger partial charge in [0.15, 0.2) is 0 Å². The number of H-pyrrole nitrogens is 1. The van der Waals surface area contributed by atoms with Gasteiger partial charge in [0.1, 0.15) is 6.04 Å². The molecule has 1 atom stereocenters. The molecular formula is C25H28N4O3S. The van der Waals surface area contributed by atoms with E-state index in [4.69, 9.17) is 5.26 Å². The number of nitrogens with zero attached hydrogens (tertiary/aromatic N) is 2. The number of sulfonamides is 1. The van der Waals surface area contributed by atoms with Crippen LogP contribution in [-0.4, -0.2) is 43.3 Å². The van der Waals surface area contributed by atoms with Crippen molar-refractivity contribution in [1.29, 1.82) is 5.26 Å². The molecule has 1 saturated heterocycles. The summed E-state index contributed by atoms with van der Waals surface area (Å²) in [5, 5.41) is 9.75. The quantitative estimate of drug-likeness (QED) is 0.557. The normalized spacial score (nSPS) is 15.9. The van der Waals surface area contributed by atoms with Crippen LogP contribution in [0.5, 0.6) is 0 Å². The van der Waals surface area contributed by atoms with Crippen molar-refractivity contribution in [2.45, 2.75) is 43.5 Å². The molecule has 33 heavy (non-hydrogen) atoms. The van der Waals surface area contributed by atoms with Gasteiger partial charge >= 0.3 is 0 Å². The maximum absolute atomic E-state index is 13.4. The first-order valence-electron chi connectivity index (χ1n) is 11.2. The predicted molar refractivity (Wildman–Crippen MR) is 127 cm³/mol. The Morgan fingerprint density at radius 3 is 2.73 bits per heavy atom. The predicted octanol–water partition coefficient (Wildman–Crippen LogP) is 3.58. The summed E-state index contributed by atoms with van der Waals surface area (Å²) in [4.78, 5) is 18.4. The smallest absolute Gasteiger partial charge is 0.241 e. The molecular weight excluding hydrogens is 436 g/mol. The molecule has 0 aliphatic carbocycles. The van der Waals surface area contributed by atoms with E-state index in [9.17, 15) is 13.2 Å². The van der Waals surface area contributed by atoms with Crippen LogP contribution in [0.15, 0.2) is 59.6 Å². The lowest BCUT2D eigenvalue weighted by Gasteiger charge is -2.33. The van der Waals surface area contributed by atoms with Gasteiger partial charge in [-0.15, -0.1) is 0 Å². The highest BCUT2D eigenvalue weighted by molar-refractivity contribution is 7.89. The minimum absolute atomic E-state index is 0.151. The van der Waals surface area contributed by atoms with Gasteiger partial charge < -0.3 is 9.88 Å². The Morgan fingerprint density at radius 1 is 1.21 bits per heavy atom. The average molecular weight is 465 g/mol. The third-order valence-corrected chi connectivity index (χ3v) is 7.84. The number of piperidine rings is 1. The number of aromatic nitrogens is 1. The van der Waals surface area contributed by atoms with Crippen LogP contribution in [0, 0.1) is 17.2 Å². The first kappa shape index (κ1) is 23.0. The second-order valence-electron chi connectivity index (χ2n) is 8.73. The second kappa shape index (κ2) is 9.77. The molecule has 0 bridgehead atoms. The van der Waals surface area contributed by atoms with Crippen LogP contribution in [0.4, 0.5) is 0 Å². The number of hydrogen-bond acceptors (Lipinski definition) is 4. The standard InChI is InChI=1S/C25H28N4O3S/c1-18-11-14-29(15-12-18)25(30)23(9-8-19-4-2-5-20(16-19)17-26)28-33(31,32)24-7-3-6-22-21(24)10-13-27-22/h2-7,10,13,16,18,23,27-28H,8-9,11-12,14-15H2,1H3. The second-order valence-corrected chi connectivity index (χ2v) is 10.4. The van der Waals surface area contributed by atoms with Gasteiger partial charge in [0.05, 0.1) is 16.5 Å². The molecule has 172 valence electrons. The van der Waals surface area contributed by atoms with Crippen molar-refractivity contribution in [1.82, 2.24) is 14.6 Å². The molecule has 1 aliphatic heterocycles. The van der Waals surface area contributed by atoms with E-state index < -0.39 is 16.1 Å². The van der Waals surface area contributed by atoms with Crippen LogP contribution in [0.2, 0.25) is 0 Å². The van der Waals surface area contributed by atoms with Gasteiger partial charge in [-0.1, -0.05) is 25.1 Å². The summed E-state index contributed by atoms with van der Waals surface area (Å²) < 4.78 is 29.4. The summed E-state index contributed by atoms with van der Waals surface area (Å²) in [6.45, 7) is 3.44. The molecule has 7 nitrogen and oxygen atoms in total. The Kier molecular flexibility index (Phi) is 6.82. The molecule has 2 N–H and O–H groups in total. The Morgan fingerprint density at radius 2 is 1.97 bits per heavy atom. The molecule has 2 heterocycles. The minimum Gasteiger partial charge on any atom is -0.361 e. The molecule has 1 aliphatic rings. The number of nitriles is 1. The Labute approximate surface area is 194 Å². The number of amides is 1. The number of benzene rings is 2. The summed E-state index contributed by atoms with van der Waals surface area (Å²) in [7, 11) is -3.94. The fourth-order valence-electron chi connectivity index (χ4n) is 4.33. The fraction of sp³-hybridized carbons (Fsp3) is 0.360. The van der Waals surface area contributed by atoms with E-state index in [1.54, 1.807) is 47.5 Å². The molecule has 1 fully saturated rings. The number of carbonyl (C=O) groups excluding carboxylic acids is 1. The minimum atomic E-state index is -3.94. The molecule has 3 aromatic rings. The number of carbonyl (C=O) groups is 1. The van der Waals surface area contributed by atoms with Gasteiger partial charge in [-0.3, -0.25) is 4.79 Å². The third-order valence-electron chi connectivity index (χ3n) is 6.31. The van der Waals surface area contributed by atoms with E-state index >= 15 is 0 Å². The van der Waals surface area contributed by atoms with Crippen LogP contribution in [-0.2, 0) is 21.2 Å². The van der Waals surface area contributed by atoms with Crippen molar-refractivity contribution in [3.05, 3.63) is 65.9 Å². The first-order chi connectivity index (χ1) is 15.9. The Balaban J connectivity index is 1.59. The Hall–Kier alpha value is -3.15. The third kappa shape index (κ3) is 5.27. The van der Waals surface area contributed by atoms with Crippen molar-refractivity contribution in [3.8, 4) is 6.07 Å². The molecule has 0 radical (unpaired) electrons. The van der Waals surface area contributed by atoms with E-state index in [2.05, 4.69) is 22.7 Å². The maximum atomic E-state index is 13.4. The molecule has 0 spiro atoms. The van der Waals surface area contributed by atoms with Crippen molar-refractivity contribution in [3.63, 3.8) is 0 Å². The zero-order chi connectivity index (χ0) is 23.4. The van der Waals surface area contributed by atoms with E-state index in [0.29, 0.717) is 42.8 Å². The van der Waals surface area contributed by atoms with Crippen LogP contribution >= 0.6 is 0 Å². The summed E-state index contributed by atoms with van der Waals surface area (Å²) >= 11 is 0. The summed E-state index contributed by atoms with van der Waals surface area (Å²) in [6.07, 6.45) is 4.31. The summed E-state index contributed by atoms with van der Waals surface area (Å²) in [6, 6.07) is 15.2. The lowest BCUT2D eigenvalue weighted by molar-refractivity contribution is -0.134. The molecule has 8 heteroatoms. The lowest BCUT2D eigenvalue weighted by Crippen LogP contribution is -2.50. The molecule has 1 aromatic heterocycles. The number of fused-ring (bicyclic) bond motifs is 1. The highest BCUT2D eigenvalue weighted by Crippen LogP contribution is 2.24. The zero-order valence-corrected chi connectivity index (χ0v) is 19.4. The number of aryl methyl sites for hydroxylation is 1. The van der Waals surface area contributed by atoms with Crippen LogP contribution in [0.3, 0.4) is 0 Å². The van der Waals surface area contributed by atoms with Gasteiger partial charge in [-0.25, -0.2) is 8.42 Å². The highest BCUT2D eigenvalue weighted by atomic mass is 32.2. The van der Waals surface area contributed by atoms with Gasteiger partial charge in [0, 0.05) is 30.2 Å². The number of aromatic amines is 1. The summed E-state index contributed by atoms with van der Waals surface area (Å²) in [5.41, 5.74) is 2.16. The number of likely N-dealkylation sites (tertiary alicyclic amines) is 1. The largest absolute Gasteiger partial charge is 0.361 e. The fourth-order valence-corrected chi connectivity index (χ4v) is 5.78. The monoisotopic (exact) mass is 464 g/mol. The number of rotatable bonds is 7. The molecule has 0 saturated carbocycles. The maximum Gasteiger partial charge on any atom is 0.241 e. The van der Waals surface area contributed by atoms with E-state index in [1.165, 1.54) is 0 Å². The van der Waals surface area contributed by atoms with Crippen molar-refractivity contribution >= 4 is 26.8 Å². The van der Waals surface area contributed by atoms with Gasteiger partial charge in [0.25, 0.3) is 0 Å². The zero-order valence-electron chi connectivity index (χ0n) is 18.6. The Bertz CT molecular complexity index is 1280. The van der Waals surface area contributed by atoms with Crippen LogP contribution in [0.1, 0.15) is 37.3 Å². The molecule has 1 unspecified atom stereocenters. The van der Waals surface area contributed by atoms with E-state index in [1.807, 2.05) is 12.1 Å². The average Bonchev–Trinajstić information content (AvgIpc) is 3.31. The van der Waals surface area contributed by atoms with Gasteiger partial charge in [0.2, 0.25) is 15.9 Å². The highest BCUT2D eigenvalue weighted by Gasteiger charge is 2.31. The van der Waals surface area contributed by atoms with Crippen LogP contribution < -0.4 is 4.72 Å². The van der Waals surface area contributed by atoms with Gasteiger partial charge in [-0.05, 0) is 67.5 Å². The molecule has 4 rings (SSSR count). The van der Waals surface area contributed by atoms with E-state index in [0.717, 1.165) is 23.9 Å². The van der Waals surface area contributed by atoms with Crippen LogP contribution in [0.25, 0.3) is 10.9 Å². The number of nitrogens with one attached hydrogen (secondary N) is 2.